The lowest BCUT2D eigenvalue weighted by molar-refractivity contribution is 0.101. The fraction of sp³-hybridized carbons (Fsp3) is 0.143. The smallest absolute Gasteiger partial charge is 0.160 e. The van der Waals surface area contributed by atoms with Crippen molar-refractivity contribution in [1.29, 1.82) is 0 Å². The Morgan fingerprint density at radius 3 is 2.56 bits per heavy atom. The van der Waals surface area contributed by atoms with E-state index in [4.69, 9.17) is 0 Å². The number of Topliss-reactive ketones (excluding diaryl/α,β-unsaturated/α-hetero) is 1. The maximum atomic E-state index is 11.5. The lowest BCUT2D eigenvalue weighted by Crippen LogP contribution is -1.97. The topological polar surface area (TPSA) is 30.0 Å². The molecule has 0 aliphatic heterocycles. The van der Waals surface area contributed by atoms with Crippen molar-refractivity contribution in [2.24, 2.45) is 0 Å². The van der Waals surface area contributed by atoms with E-state index in [0.29, 0.717) is 0 Å². The van der Waals surface area contributed by atoms with Gasteiger partial charge >= 0.3 is 0 Å². The number of aryl methyl sites for hydroxylation is 1. The lowest BCUT2D eigenvalue weighted by Gasteiger charge is -2.08. The van der Waals surface area contributed by atoms with Crippen molar-refractivity contribution in [3.8, 4) is 11.1 Å². The number of ketones is 1. The highest BCUT2D eigenvalue weighted by atomic mass is 16.1. The number of hydrogen-bond acceptors (Lipinski definition) is 2. The number of carbonyl (C=O) groups excluding carboxylic acids is 1. The number of hydrogen-bond donors (Lipinski definition) is 0. The number of carbonyl (C=O) groups is 1. The quantitative estimate of drug-likeness (QED) is 0.714. The van der Waals surface area contributed by atoms with Crippen LogP contribution in [0.4, 0.5) is 0 Å². The molecule has 0 radical (unpaired) electrons. The summed E-state index contributed by atoms with van der Waals surface area (Å²) in [6, 6.07) is 9.58. The van der Waals surface area contributed by atoms with Gasteiger partial charge in [-0.3, -0.25) is 9.78 Å². The molecule has 80 valence electrons. The molecule has 2 rings (SSSR count). The predicted molar refractivity (Wildman–Crippen MR) is 64.4 cm³/mol. The van der Waals surface area contributed by atoms with Crippen molar-refractivity contribution in [3.05, 3.63) is 53.9 Å². The first-order valence-corrected chi connectivity index (χ1v) is 5.21. The summed E-state index contributed by atoms with van der Waals surface area (Å²) in [5.74, 6) is 0.0823. The maximum Gasteiger partial charge on any atom is 0.160 e. The van der Waals surface area contributed by atoms with E-state index in [9.17, 15) is 4.79 Å². The first-order chi connectivity index (χ1) is 7.70. The summed E-state index contributed by atoms with van der Waals surface area (Å²) >= 11 is 0. The largest absolute Gasteiger partial charge is 0.294 e. The van der Waals surface area contributed by atoms with Crippen LogP contribution in [0.1, 0.15) is 22.8 Å². The Kier molecular flexibility index (Phi) is 2.82. The SMILES string of the molecule is CC(=O)c1ccccc1-c1cnccc1C. The molecule has 0 unspecified atom stereocenters. The van der Waals surface area contributed by atoms with E-state index >= 15 is 0 Å². The van der Waals surface area contributed by atoms with Crippen molar-refractivity contribution >= 4 is 5.78 Å². The zero-order valence-corrected chi connectivity index (χ0v) is 9.40. The summed E-state index contributed by atoms with van der Waals surface area (Å²) in [5, 5.41) is 0. The summed E-state index contributed by atoms with van der Waals surface area (Å²) < 4.78 is 0. The van der Waals surface area contributed by atoms with Gasteiger partial charge in [0.15, 0.2) is 5.78 Å². The number of benzene rings is 1. The molecule has 0 N–H and O–H groups in total. The first kappa shape index (κ1) is 10.6. The van der Waals surface area contributed by atoms with Gasteiger partial charge in [-0.25, -0.2) is 0 Å². The minimum Gasteiger partial charge on any atom is -0.294 e. The van der Waals surface area contributed by atoms with Gasteiger partial charge in [-0.2, -0.15) is 0 Å². The highest BCUT2D eigenvalue weighted by molar-refractivity contribution is 6.01. The van der Waals surface area contributed by atoms with E-state index in [2.05, 4.69) is 4.98 Å². The van der Waals surface area contributed by atoms with Crippen LogP contribution in [0.3, 0.4) is 0 Å². The number of rotatable bonds is 2. The molecule has 1 heterocycles. The third-order valence-corrected chi connectivity index (χ3v) is 2.64. The van der Waals surface area contributed by atoms with Crippen molar-refractivity contribution < 1.29 is 4.79 Å². The maximum absolute atomic E-state index is 11.5. The summed E-state index contributed by atoms with van der Waals surface area (Å²) in [4.78, 5) is 15.6. The Hall–Kier alpha value is -1.96. The molecule has 16 heavy (non-hydrogen) atoms. The molecule has 0 aliphatic carbocycles. The van der Waals surface area contributed by atoms with Crippen molar-refractivity contribution in [2.75, 3.05) is 0 Å². The minimum atomic E-state index is 0.0823. The average Bonchev–Trinajstić information content (AvgIpc) is 2.29. The molecule has 2 nitrogen and oxygen atoms in total. The van der Waals surface area contributed by atoms with E-state index < -0.39 is 0 Å². The monoisotopic (exact) mass is 211 g/mol. The van der Waals surface area contributed by atoms with Crippen LogP contribution in [0.15, 0.2) is 42.7 Å². The van der Waals surface area contributed by atoms with Gasteiger partial charge in [-0.1, -0.05) is 24.3 Å². The zero-order valence-electron chi connectivity index (χ0n) is 9.40. The first-order valence-electron chi connectivity index (χ1n) is 5.21. The molecule has 1 aromatic heterocycles. The predicted octanol–water partition coefficient (Wildman–Crippen LogP) is 3.26. The molecule has 1 aromatic carbocycles. The van der Waals surface area contributed by atoms with E-state index in [1.165, 1.54) is 0 Å². The third-order valence-electron chi connectivity index (χ3n) is 2.64. The van der Waals surface area contributed by atoms with Gasteiger partial charge in [0.1, 0.15) is 0 Å². The van der Waals surface area contributed by atoms with E-state index in [1.807, 2.05) is 37.3 Å². The second-order valence-electron chi connectivity index (χ2n) is 3.79. The summed E-state index contributed by atoms with van der Waals surface area (Å²) in [7, 11) is 0. The molecule has 0 saturated carbocycles. The fourth-order valence-corrected chi connectivity index (χ4v) is 1.77. The van der Waals surface area contributed by atoms with Crippen LogP contribution in [-0.2, 0) is 0 Å². The Labute approximate surface area is 95.0 Å². The molecule has 2 aromatic rings. The van der Waals surface area contributed by atoms with Crippen LogP contribution in [0.5, 0.6) is 0 Å². The van der Waals surface area contributed by atoms with E-state index in [0.717, 1.165) is 22.3 Å². The van der Waals surface area contributed by atoms with Crippen LogP contribution in [-0.4, -0.2) is 10.8 Å². The summed E-state index contributed by atoms with van der Waals surface area (Å²) in [5.41, 5.74) is 3.86. The highest BCUT2D eigenvalue weighted by Gasteiger charge is 2.09. The molecule has 0 saturated heterocycles. The molecule has 0 bridgehead atoms. The molecular weight excluding hydrogens is 198 g/mol. The van der Waals surface area contributed by atoms with Gasteiger partial charge in [0, 0.05) is 23.5 Å². The standard InChI is InChI=1S/C14H13NO/c1-10-7-8-15-9-14(10)13-6-4-3-5-12(13)11(2)16/h3-9H,1-2H3. The van der Waals surface area contributed by atoms with Gasteiger partial charge < -0.3 is 0 Å². The Balaban J connectivity index is 2.65. The second-order valence-corrected chi connectivity index (χ2v) is 3.79. The van der Waals surface area contributed by atoms with Crippen LogP contribution in [0.2, 0.25) is 0 Å². The van der Waals surface area contributed by atoms with Gasteiger partial charge in [0.05, 0.1) is 0 Å². The zero-order chi connectivity index (χ0) is 11.5. The van der Waals surface area contributed by atoms with Gasteiger partial charge in [0.25, 0.3) is 0 Å². The van der Waals surface area contributed by atoms with E-state index in [1.54, 1.807) is 19.3 Å². The molecule has 0 spiro atoms. The number of pyridine rings is 1. The van der Waals surface area contributed by atoms with Crippen molar-refractivity contribution in [2.45, 2.75) is 13.8 Å². The van der Waals surface area contributed by atoms with Crippen LogP contribution in [0.25, 0.3) is 11.1 Å². The highest BCUT2D eigenvalue weighted by Crippen LogP contribution is 2.25. The van der Waals surface area contributed by atoms with Crippen molar-refractivity contribution in [3.63, 3.8) is 0 Å². The van der Waals surface area contributed by atoms with Gasteiger partial charge in [-0.15, -0.1) is 0 Å². The molecule has 2 heteroatoms. The normalized spacial score (nSPS) is 10.1. The van der Waals surface area contributed by atoms with Crippen LogP contribution >= 0.6 is 0 Å². The molecule has 0 fully saturated rings. The molecule has 0 aliphatic rings. The van der Waals surface area contributed by atoms with Crippen LogP contribution in [0, 0.1) is 6.92 Å². The average molecular weight is 211 g/mol. The summed E-state index contributed by atoms with van der Waals surface area (Å²) in [6.45, 7) is 3.61. The Morgan fingerprint density at radius 1 is 1.12 bits per heavy atom. The van der Waals surface area contributed by atoms with Crippen LogP contribution < -0.4 is 0 Å². The number of aromatic nitrogens is 1. The van der Waals surface area contributed by atoms with Crippen molar-refractivity contribution in [1.82, 2.24) is 4.98 Å². The summed E-state index contributed by atoms with van der Waals surface area (Å²) in [6.07, 6.45) is 3.56. The minimum absolute atomic E-state index is 0.0823. The van der Waals surface area contributed by atoms with Gasteiger partial charge in [-0.05, 0) is 31.0 Å². The lowest BCUT2D eigenvalue weighted by atomic mass is 9.96. The third kappa shape index (κ3) is 1.87. The Morgan fingerprint density at radius 2 is 1.88 bits per heavy atom. The second kappa shape index (κ2) is 4.27. The van der Waals surface area contributed by atoms with E-state index in [-0.39, 0.29) is 5.78 Å². The fourth-order valence-electron chi connectivity index (χ4n) is 1.77. The number of nitrogens with zero attached hydrogens (tertiary/aromatic N) is 1. The Bertz CT molecular complexity index is 532. The molecule has 0 atom stereocenters. The van der Waals surface area contributed by atoms with Gasteiger partial charge in [0.2, 0.25) is 0 Å². The molecule has 0 amide bonds. The molecular formula is C14H13NO.